The van der Waals surface area contributed by atoms with Gasteiger partial charge in [0.1, 0.15) is 5.75 Å². The van der Waals surface area contributed by atoms with Crippen LogP contribution in [0.4, 0.5) is 4.79 Å². The molecule has 2 aliphatic rings. The number of methoxy groups -OCH3 is 1. The summed E-state index contributed by atoms with van der Waals surface area (Å²) in [5, 5.41) is 4.74. The van der Waals surface area contributed by atoms with Gasteiger partial charge < -0.3 is 15.0 Å². The van der Waals surface area contributed by atoms with Gasteiger partial charge in [-0.2, -0.15) is 0 Å². The lowest BCUT2D eigenvalue weighted by Gasteiger charge is -2.21. The molecular weight excluding hydrogens is 358 g/mol. The second kappa shape index (κ2) is 7.50. The van der Waals surface area contributed by atoms with Gasteiger partial charge in [-0.25, -0.2) is 4.79 Å². The molecule has 2 aromatic rings. The summed E-state index contributed by atoms with van der Waals surface area (Å²) in [6, 6.07) is 11.4. The molecule has 2 aromatic carbocycles. The highest BCUT2D eigenvalue weighted by molar-refractivity contribution is 6.02. The molecule has 2 saturated heterocycles. The molecule has 2 fully saturated rings. The van der Waals surface area contributed by atoms with Crippen molar-refractivity contribution in [2.75, 3.05) is 26.7 Å². The van der Waals surface area contributed by atoms with E-state index >= 15 is 0 Å². The summed E-state index contributed by atoms with van der Waals surface area (Å²) in [4.78, 5) is 39.5. The van der Waals surface area contributed by atoms with Crippen LogP contribution >= 0.6 is 0 Å². The Morgan fingerprint density at radius 2 is 2.04 bits per heavy atom. The third kappa shape index (κ3) is 3.28. The van der Waals surface area contributed by atoms with Crippen molar-refractivity contribution in [1.29, 1.82) is 0 Å². The van der Waals surface area contributed by atoms with E-state index in [1.54, 1.807) is 12.0 Å². The number of carbonyl (C=O) groups is 3. The van der Waals surface area contributed by atoms with Gasteiger partial charge in [-0.3, -0.25) is 14.5 Å². The summed E-state index contributed by atoms with van der Waals surface area (Å²) in [7, 11) is 1.64. The summed E-state index contributed by atoms with van der Waals surface area (Å²) >= 11 is 0. The molecule has 4 amide bonds. The molecule has 146 valence electrons. The lowest BCUT2D eigenvalue weighted by atomic mass is 9.99. The Kier molecular flexibility index (Phi) is 4.90. The second-order valence-corrected chi connectivity index (χ2v) is 7.17. The van der Waals surface area contributed by atoms with E-state index in [0.717, 1.165) is 22.1 Å². The maximum Gasteiger partial charge on any atom is 0.324 e. The second-order valence-electron chi connectivity index (χ2n) is 7.17. The van der Waals surface area contributed by atoms with Gasteiger partial charge in [-0.1, -0.05) is 30.3 Å². The number of ether oxygens (including phenoxy) is 1. The molecule has 2 heterocycles. The highest BCUT2D eigenvalue weighted by Gasteiger charge is 2.39. The van der Waals surface area contributed by atoms with E-state index in [4.69, 9.17) is 4.74 Å². The third-order valence-corrected chi connectivity index (χ3v) is 5.57. The first-order valence-corrected chi connectivity index (χ1v) is 9.50. The largest absolute Gasteiger partial charge is 0.496 e. The quantitative estimate of drug-likeness (QED) is 0.803. The zero-order valence-corrected chi connectivity index (χ0v) is 15.8. The zero-order chi connectivity index (χ0) is 19.7. The number of aryl methyl sites for hydroxylation is 1. The van der Waals surface area contributed by atoms with Crippen LogP contribution in [0.15, 0.2) is 36.4 Å². The first-order chi connectivity index (χ1) is 13.6. The first-order valence-electron chi connectivity index (χ1n) is 9.50. The third-order valence-electron chi connectivity index (χ3n) is 5.57. The number of nitrogens with zero attached hydrogens (tertiary/aromatic N) is 2. The van der Waals surface area contributed by atoms with E-state index in [-0.39, 0.29) is 30.4 Å². The van der Waals surface area contributed by atoms with Crippen LogP contribution < -0.4 is 10.1 Å². The minimum absolute atomic E-state index is 0.0320. The Morgan fingerprint density at radius 1 is 1.21 bits per heavy atom. The van der Waals surface area contributed by atoms with Crippen molar-refractivity contribution in [3.05, 3.63) is 42.0 Å². The fourth-order valence-corrected chi connectivity index (χ4v) is 4.14. The number of carbonyl (C=O) groups excluding carboxylic acids is 3. The molecule has 0 aliphatic carbocycles. The van der Waals surface area contributed by atoms with Gasteiger partial charge in [0.15, 0.2) is 0 Å². The number of likely N-dealkylation sites (tertiary alicyclic amines) is 1. The van der Waals surface area contributed by atoms with E-state index in [9.17, 15) is 14.4 Å². The smallest absolute Gasteiger partial charge is 0.324 e. The van der Waals surface area contributed by atoms with Gasteiger partial charge >= 0.3 is 6.03 Å². The number of rotatable bonds is 5. The van der Waals surface area contributed by atoms with E-state index in [2.05, 4.69) is 5.32 Å². The van der Waals surface area contributed by atoms with Crippen molar-refractivity contribution in [2.24, 2.45) is 0 Å². The van der Waals surface area contributed by atoms with Crippen LogP contribution in [0.5, 0.6) is 5.75 Å². The van der Waals surface area contributed by atoms with Gasteiger partial charge in [0.25, 0.3) is 0 Å². The predicted molar refractivity (Wildman–Crippen MR) is 104 cm³/mol. The van der Waals surface area contributed by atoms with Crippen LogP contribution in [0.3, 0.4) is 0 Å². The molecule has 7 heteroatoms. The SMILES string of the molecule is COc1ccc2ccccc2c1CCC(=O)N1CC[C@H](N2C(=O)CNC2=O)C1. The van der Waals surface area contributed by atoms with Crippen LogP contribution in [0, 0.1) is 0 Å². The normalized spacial score (nSPS) is 19.4. The van der Waals surface area contributed by atoms with Crippen molar-refractivity contribution in [3.63, 3.8) is 0 Å². The lowest BCUT2D eigenvalue weighted by Crippen LogP contribution is -2.42. The minimum atomic E-state index is -0.357. The van der Waals surface area contributed by atoms with Crippen molar-refractivity contribution in [2.45, 2.75) is 25.3 Å². The fourth-order valence-electron chi connectivity index (χ4n) is 4.14. The fraction of sp³-hybridized carbons (Fsp3) is 0.381. The maximum absolute atomic E-state index is 12.8. The molecule has 1 N–H and O–H groups in total. The van der Waals surface area contributed by atoms with Crippen LogP contribution in [-0.4, -0.2) is 60.4 Å². The predicted octanol–water partition coefficient (Wildman–Crippen LogP) is 1.93. The molecule has 0 spiro atoms. The molecule has 2 aliphatic heterocycles. The van der Waals surface area contributed by atoms with Crippen LogP contribution in [-0.2, 0) is 16.0 Å². The van der Waals surface area contributed by atoms with Crippen molar-refractivity contribution >= 4 is 28.6 Å². The highest BCUT2D eigenvalue weighted by atomic mass is 16.5. The summed E-state index contributed by atoms with van der Waals surface area (Å²) in [5.74, 6) is 0.597. The zero-order valence-electron chi connectivity index (χ0n) is 15.8. The minimum Gasteiger partial charge on any atom is -0.496 e. The Hall–Kier alpha value is -3.09. The first kappa shape index (κ1) is 18.3. The Morgan fingerprint density at radius 3 is 2.79 bits per heavy atom. The maximum atomic E-state index is 12.8. The summed E-state index contributed by atoms with van der Waals surface area (Å²) in [6.45, 7) is 1.02. The van der Waals surface area contributed by atoms with Crippen LogP contribution in [0.2, 0.25) is 0 Å². The number of fused-ring (bicyclic) bond motifs is 1. The van der Waals surface area contributed by atoms with Gasteiger partial charge in [0.2, 0.25) is 11.8 Å². The Labute approximate surface area is 163 Å². The van der Waals surface area contributed by atoms with Crippen LogP contribution in [0.25, 0.3) is 10.8 Å². The van der Waals surface area contributed by atoms with E-state index in [1.807, 2.05) is 36.4 Å². The van der Waals surface area contributed by atoms with Crippen molar-refractivity contribution in [1.82, 2.24) is 15.1 Å². The average molecular weight is 381 g/mol. The lowest BCUT2D eigenvalue weighted by molar-refractivity contribution is -0.131. The van der Waals surface area contributed by atoms with Gasteiger partial charge in [-0.05, 0) is 29.7 Å². The van der Waals surface area contributed by atoms with Gasteiger partial charge in [-0.15, -0.1) is 0 Å². The Bertz CT molecular complexity index is 926. The number of imide groups is 1. The van der Waals surface area contributed by atoms with Crippen molar-refractivity contribution in [3.8, 4) is 5.75 Å². The molecule has 0 aromatic heterocycles. The number of amides is 4. The monoisotopic (exact) mass is 381 g/mol. The van der Waals surface area contributed by atoms with Crippen LogP contribution in [0.1, 0.15) is 18.4 Å². The molecule has 0 saturated carbocycles. The summed E-state index contributed by atoms with van der Waals surface area (Å²) in [6.07, 6.45) is 1.56. The van der Waals surface area contributed by atoms with Gasteiger partial charge in [0.05, 0.1) is 19.7 Å². The molecule has 1 atom stereocenters. The molecule has 4 rings (SSSR count). The number of nitrogens with one attached hydrogen (secondary N) is 1. The molecule has 0 bridgehead atoms. The standard InChI is InChI=1S/C21H23N3O4/c1-28-18-8-6-14-4-2-3-5-16(14)17(18)7-9-19(25)23-11-10-15(13-23)24-20(26)12-22-21(24)27/h2-6,8,15H,7,9-13H2,1H3,(H,22,27)/t15-/m0/s1. The highest BCUT2D eigenvalue weighted by Crippen LogP contribution is 2.29. The molecule has 0 unspecified atom stereocenters. The van der Waals surface area contributed by atoms with Gasteiger partial charge in [0, 0.05) is 25.1 Å². The van der Waals surface area contributed by atoms with E-state index in [1.165, 1.54) is 4.90 Å². The van der Waals surface area contributed by atoms with Crippen molar-refractivity contribution < 1.29 is 19.1 Å². The number of hydrogen-bond acceptors (Lipinski definition) is 4. The van der Waals surface area contributed by atoms with E-state index < -0.39 is 0 Å². The molecular formula is C21H23N3O4. The number of hydrogen-bond donors (Lipinski definition) is 1. The van der Waals surface area contributed by atoms with E-state index in [0.29, 0.717) is 32.4 Å². The number of benzene rings is 2. The number of urea groups is 1. The molecule has 7 nitrogen and oxygen atoms in total. The Balaban J connectivity index is 1.44. The average Bonchev–Trinajstić information content (AvgIpc) is 3.32. The topological polar surface area (TPSA) is 79.0 Å². The molecule has 28 heavy (non-hydrogen) atoms. The molecule has 0 radical (unpaired) electrons. The summed E-state index contributed by atoms with van der Waals surface area (Å²) < 4.78 is 5.51. The summed E-state index contributed by atoms with van der Waals surface area (Å²) in [5.41, 5.74) is 1.03.